The molecule has 0 bridgehead atoms. The second kappa shape index (κ2) is 6.52. The summed E-state index contributed by atoms with van der Waals surface area (Å²) in [6.45, 7) is 1.70. The van der Waals surface area contributed by atoms with Gasteiger partial charge in [-0.1, -0.05) is 18.2 Å². The summed E-state index contributed by atoms with van der Waals surface area (Å²) in [5.74, 6) is -0.178. The van der Waals surface area contributed by atoms with Crippen LogP contribution in [0.1, 0.15) is 12.5 Å². The normalized spacial score (nSPS) is 12.3. The van der Waals surface area contributed by atoms with Crippen LogP contribution in [0.2, 0.25) is 0 Å². The third kappa shape index (κ3) is 3.11. The summed E-state index contributed by atoms with van der Waals surface area (Å²) < 4.78 is 27.4. The quantitative estimate of drug-likeness (QED) is 0.276. The van der Waals surface area contributed by atoms with E-state index in [-0.39, 0.29) is 10.9 Å². The molecular formula is C17H18N6O2S. The van der Waals surface area contributed by atoms with Crippen LogP contribution in [-0.4, -0.2) is 24.1 Å². The summed E-state index contributed by atoms with van der Waals surface area (Å²) in [5.41, 5.74) is 18.4. The highest BCUT2D eigenvalue weighted by molar-refractivity contribution is 7.90. The minimum absolute atomic E-state index is 0.137. The minimum Gasteiger partial charge on any atom is -0.399 e. The van der Waals surface area contributed by atoms with Crippen molar-refractivity contribution < 1.29 is 8.42 Å². The summed E-state index contributed by atoms with van der Waals surface area (Å²) >= 11 is 0. The first-order valence-corrected chi connectivity index (χ1v) is 9.09. The van der Waals surface area contributed by atoms with Gasteiger partial charge < -0.3 is 17.2 Å². The van der Waals surface area contributed by atoms with E-state index in [2.05, 4.69) is 10.2 Å². The predicted molar refractivity (Wildman–Crippen MR) is 103 cm³/mol. The van der Waals surface area contributed by atoms with Crippen molar-refractivity contribution >= 4 is 38.3 Å². The van der Waals surface area contributed by atoms with Gasteiger partial charge in [0.1, 0.15) is 0 Å². The lowest BCUT2D eigenvalue weighted by Gasteiger charge is -2.07. The number of nitrogens with two attached hydrogens (primary N) is 3. The Hall–Kier alpha value is -3.33. The monoisotopic (exact) mass is 370 g/mol. The average molecular weight is 370 g/mol. The highest BCUT2D eigenvalue weighted by Crippen LogP contribution is 2.27. The number of para-hydroxylation sites is 1. The largest absolute Gasteiger partial charge is 0.399 e. The zero-order valence-electron chi connectivity index (χ0n) is 14.0. The number of fused-ring (bicyclic) bond motifs is 1. The van der Waals surface area contributed by atoms with E-state index >= 15 is 0 Å². The first kappa shape index (κ1) is 17.5. The van der Waals surface area contributed by atoms with Crippen molar-refractivity contribution in [2.24, 2.45) is 21.7 Å². The van der Waals surface area contributed by atoms with Crippen LogP contribution in [-0.2, 0) is 10.0 Å². The van der Waals surface area contributed by atoms with Gasteiger partial charge in [-0.05, 0) is 37.3 Å². The maximum atomic E-state index is 13.1. The smallest absolute Gasteiger partial charge is 0.268 e. The van der Waals surface area contributed by atoms with Gasteiger partial charge in [-0.25, -0.2) is 12.4 Å². The Morgan fingerprint density at radius 1 is 1.00 bits per heavy atom. The van der Waals surface area contributed by atoms with Gasteiger partial charge in [-0.2, -0.15) is 5.10 Å². The van der Waals surface area contributed by atoms with Crippen molar-refractivity contribution in [1.29, 1.82) is 0 Å². The predicted octanol–water partition coefficient (Wildman–Crippen LogP) is 1.46. The lowest BCUT2D eigenvalue weighted by molar-refractivity contribution is 0.589. The molecule has 9 heteroatoms. The molecule has 0 fully saturated rings. The van der Waals surface area contributed by atoms with Gasteiger partial charge in [-0.3, -0.25) is 0 Å². The molecule has 0 saturated heterocycles. The van der Waals surface area contributed by atoms with Gasteiger partial charge in [0, 0.05) is 22.8 Å². The zero-order valence-corrected chi connectivity index (χ0v) is 14.8. The maximum absolute atomic E-state index is 13.1. The van der Waals surface area contributed by atoms with E-state index in [1.54, 1.807) is 31.2 Å². The van der Waals surface area contributed by atoms with Crippen molar-refractivity contribution in [3.8, 4) is 0 Å². The molecule has 6 N–H and O–H groups in total. The number of rotatable bonds is 4. The van der Waals surface area contributed by atoms with Crippen LogP contribution in [0, 0.1) is 0 Å². The first-order chi connectivity index (χ1) is 12.3. The summed E-state index contributed by atoms with van der Waals surface area (Å²) in [4.78, 5) is 0.137. The topological polar surface area (TPSA) is 142 Å². The maximum Gasteiger partial charge on any atom is 0.268 e. The molecule has 1 heterocycles. The van der Waals surface area contributed by atoms with Crippen LogP contribution in [0.5, 0.6) is 0 Å². The second-order valence-corrected chi connectivity index (χ2v) is 7.46. The Morgan fingerprint density at radius 3 is 2.31 bits per heavy atom. The van der Waals surface area contributed by atoms with Crippen molar-refractivity contribution in [3.05, 3.63) is 60.3 Å². The second-order valence-electron chi connectivity index (χ2n) is 5.64. The molecule has 3 aromatic rings. The van der Waals surface area contributed by atoms with E-state index in [1.165, 1.54) is 22.3 Å². The molecular weight excluding hydrogens is 352 g/mol. The van der Waals surface area contributed by atoms with Crippen molar-refractivity contribution in [2.45, 2.75) is 11.8 Å². The van der Waals surface area contributed by atoms with Gasteiger partial charge in [0.05, 0.1) is 16.1 Å². The van der Waals surface area contributed by atoms with Gasteiger partial charge >= 0.3 is 0 Å². The van der Waals surface area contributed by atoms with Gasteiger partial charge in [0.15, 0.2) is 0 Å². The molecule has 1 aromatic heterocycles. The average Bonchev–Trinajstić information content (AvgIpc) is 3.00. The molecule has 8 nitrogen and oxygen atoms in total. The number of benzene rings is 2. The zero-order chi connectivity index (χ0) is 18.9. The minimum atomic E-state index is -3.81. The molecule has 0 spiro atoms. The number of hydrogen-bond donors (Lipinski definition) is 3. The Balaban J connectivity index is 2.23. The van der Waals surface area contributed by atoms with E-state index in [4.69, 9.17) is 17.2 Å². The molecule has 0 aliphatic heterocycles. The Labute approximate surface area is 150 Å². The molecule has 134 valence electrons. The lowest BCUT2D eigenvalue weighted by Crippen LogP contribution is -2.22. The molecule has 0 aliphatic rings. The molecule has 0 aliphatic carbocycles. The molecule has 0 amide bonds. The van der Waals surface area contributed by atoms with Gasteiger partial charge in [0.2, 0.25) is 5.96 Å². The highest BCUT2D eigenvalue weighted by Gasteiger charge is 2.21. The molecule has 0 unspecified atom stereocenters. The van der Waals surface area contributed by atoms with E-state index in [0.29, 0.717) is 22.5 Å². The standard InChI is InChI=1S/C17H18N6O2S/c1-11(21-22-17(19)20)15-10-23(16-5-3-2-4-14(15)16)26(24,25)13-8-6-12(18)7-9-13/h2-10H,18H2,1H3,(H4,19,20,22)/b21-11+. The third-order valence-electron chi connectivity index (χ3n) is 3.82. The molecule has 0 atom stereocenters. The number of hydrogen-bond acceptors (Lipinski definition) is 5. The van der Waals surface area contributed by atoms with Crippen LogP contribution < -0.4 is 17.2 Å². The van der Waals surface area contributed by atoms with E-state index < -0.39 is 10.0 Å². The molecule has 0 radical (unpaired) electrons. The SMILES string of the molecule is C/C(=N\N=C(N)N)c1cn(S(=O)(=O)c2ccc(N)cc2)c2ccccc12. The number of anilines is 1. The molecule has 26 heavy (non-hydrogen) atoms. The van der Waals surface area contributed by atoms with E-state index in [0.717, 1.165) is 5.39 Å². The number of nitrogen functional groups attached to an aromatic ring is 1. The Kier molecular flexibility index (Phi) is 4.39. The van der Waals surface area contributed by atoms with Crippen molar-refractivity contribution in [2.75, 3.05) is 5.73 Å². The number of nitrogens with zero attached hydrogens (tertiary/aromatic N) is 3. The van der Waals surface area contributed by atoms with Crippen LogP contribution in [0.3, 0.4) is 0 Å². The van der Waals surface area contributed by atoms with Crippen molar-refractivity contribution in [1.82, 2.24) is 3.97 Å². The van der Waals surface area contributed by atoms with Gasteiger partial charge in [-0.15, -0.1) is 5.10 Å². The Bertz CT molecular complexity index is 1120. The fraction of sp³-hybridized carbons (Fsp3) is 0.0588. The van der Waals surface area contributed by atoms with Crippen LogP contribution in [0.25, 0.3) is 10.9 Å². The molecule has 3 rings (SSSR count). The summed E-state index contributed by atoms with van der Waals surface area (Å²) in [7, 11) is -3.81. The molecule has 0 saturated carbocycles. The fourth-order valence-electron chi connectivity index (χ4n) is 2.58. The summed E-state index contributed by atoms with van der Waals surface area (Å²) in [6, 6.07) is 13.2. The third-order valence-corrected chi connectivity index (χ3v) is 5.51. The lowest BCUT2D eigenvalue weighted by atomic mass is 10.1. The first-order valence-electron chi connectivity index (χ1n) is 7.65. The van der Waals surface area contributed by atoms with Crippen LogP contribution in [0.15, 0.2) is 69.8 Å². The number of guanidine groups is 1. The Morgan fingerprint density at radius 2 is 1.65 bits per heavy atom. The number of aromatic nitrogens is 1. The van der Waals surface area contributed by atoms with Crippen molar-refractivity contribution in [3.63, 3.8) is 0 Å². The summed E-state index contributed by atoms with van der Waals surface area (Å²) in [6.07, 6.45) is 1.51. The molecule has 2 aromatic carbocycles. The summed E-state index contributed by atoms with van der Waals surface area (Å²) in [5, 5.41) is 8.31. The van der Waals surface area contributed by atoms with E-state index in [9.17, 15) is 8.42 Å². The van der Waals surface area contributed by atoms with Crippen LogP contribution >= 0.6 is 0 Å². The van der Waals surface area contributed by atoms with Crippen LogP contribution in [0.4, 0.5) is 5.69 Å². The fourth-order valence-corrected chi connectivity index (χ4v) is 3.95. The highest BCUT2D eigenvalue weighted by atomic mass is 32.2. The van der Waals surface area contributed by atoms with E-state index in [1.807, 2.05) is 12.1 Å². The van der Waals surface area contributed by atoms with Gasteiger partial charge in [0.25, 0.3) is 10.0 Å².